The van der Waals surface area contributed by atoms with Gasteiger partial charge in [-0.25, -0.2) is 0 Å². The molecule has 22 heavy (non-hydrogen) atoms. The van der Waals surface area contributed by atoms with Crippen molar-refractivity contribution in [3.63, 3.8) is 0 Å². The van der Waals surface area contributed by atoms with Crippen molar-refractivity contribution in [2.75, 3.05) is 19.6 Å². The third-order valence-corrected chi connectivity index (χ3v) is 5.32. The number of thiophene rings is 1. The van der Waals surface area contributed by atoms with Crippen molar-refractivity contribution in [3.05, 3.63) is 22.4 Å². The van der Waals surface area contributed by atoms with Crippen LogP contribution in [0.5, 0.6) is 0 Å². The van der Waals surface area contributed by atoms with Gasteiger partial charge in [0.15, 0.2) is 0 Å². The summed E-state index contributed by atoms with van der Waals surface area (Å²) in [5.74, 6) is -0.165. The molecule has 0 bridgehead atoms. The predicted molar refractivity (Wildman–Crippen MR) is 88.4 cm³/mol. The second kappa shape index (κ2) is 7.74. The molecule has 122 valence electrons. The van der Waals surface area contributed by atoms with Crippen molar-refractivity contribution in [1.82, 2.24) is 9.80 Å². The Bertz CT molecular complexity index is 495. The third kappa shape index (κ3) is 4.08. The van der Waals surface area contributed by atoms with E-state index in [2.05, 4.69) is 23.3 Å². The lowest BCUT2D eigenvalue weighted by Gasteiger charge is -2.35. The molecule has 0 unspecified atom stereocenters. The van der Waals surface area contributed by atoms with Gasteiger partial charge in [0.2, 0.25) is 11.8 Å². The number of amides is 2. The van der Waals surface area contributed by atoms with E-state index in [1.807, 2.05) is 17.9 Å². The minimum atomic E-state index is -0.243. The van der Waals surface area contributed by atoms with E-state index in [9.17, 15) is 9.59 Å². The van der Waals surface area contributed by atoms with E-state index >= 15 is 0 Å². The number of likely N-dealkylation sites (tertiary alicyclic amines) is 1. The number of carbonyl (C=O) groups excluding carboxylic acids is 2. The van der Waals surface area contributed by atoms with Crippen LogP contribution in [0.2, 0.25) is 0 Å². The maximum absolute atomic E-state index is 12.7. The molecular formula is C16H25N3O2S. The molecule has 2 amide bonds. The highest BCUT2D eigenvalue weighted by Crippen LogP contribution is 2.19. The smallest absolute Gasteiger partial charge is 0.239 e. The van der Waals surface area contributed by atoms with Gasteiger partial charge in [-0.2, -0.15) is 0 Å². The zero-order valence-electron chi connectivity index (χ0n) is 13.3. The van der Waals surface area contributed by atoms with Crippen molar-refractivity contribution in [1.29, 1.82) is 0 Å². The van der Waals surface area contributed by atoms with Gasteiger partial charge in [-0.15, -0.1) is 11.3 Å². The lowest BCUT2D eigenvalue weighted by molar-refractivity contribution is -0.139. The Hall–Kier alpha value is -1.40. The Labute approximate surface area is 136 Å². The van der Waals surface area contributed by atoms with Gasteiger partial charge >= 0.3 is 0 Å². The molecule has 2 heterocycles. The summed E-state index contributed by atoms with van der Waals surface area (Å²) >= 11 is 1.72. The standard InChI is InChI=1S/C16H25N3O2S/c1-3-18(11-14-5-4-10-22-14)12(2)16(21)19-8-6-13(7-9-19)15(17)20/h4-5,10,12-13H,3,6-9,11H2,1-2H3,(H2,17,20)/t12-/m0/s1. The quantitative estimate of drug-likeness (QED) is 0.866. The van der Waals surface area contributed by atoms with Crippen molar-refractivity contribution in [2.45, 2.75) is 39.3 Å². The Morgan fingerprint density at radius 3 is 2.64 bits per heavy atom. The van der Waals surface area contributed by atoms with Gasteiger partial charge in [0.1, 0.15) is 0 Å². The Balaban J connectivity index is 1.91. The average Bonchev–Trinajstić information content (AvgIpc) is 3.04. The Morgan fingerprint density at radius 1 is 1.45 bits per heavy atom. The van der Waals surface area contributed by atoms with Crippen LogP contribution in [-0.4, -0.2) is 47.3 Å². The fourth-order valence-corrected chi connectivity index (χ4v) is 3.66. The maximum Gasteiger partial charge on any atom is 0.239 e. The van der Waals surface area contributed by atoms with E-state index in [1.54, 1.807) is 11.3 Å². The Morgan fingerprint density at radius 2 is 2.14 bits per heavy atom. The van der Waals surface area contributed by atoms with Crippen molar-refractivity contribution < 1.29 is 9.59 Å². The first-order valence-electron chi connectivity index (χ1n) is 7.87. The van der Waals surface area contributed by atoms with Crippen molar-refractivity contribution in [3.8, 4) is 0 Å². The molecular weight excluding hydrogens is 298 g/mol. The van der Waals surface area contributed by atoms with Gasteiger partial charge in [0.25, 0.3) is 0 Å². The largest absolute Gasteiger partial charge is 0.369 e. The number of hydrogen-bond donors (Lipinski definition) is 1. The highest BCUT2D eigenvalue weighted by Gasteiger charge is 2.30. The van der Waals surface area contributed by atoms with Gasteiger partial charge in [-0.05, 0) is 37.8 Å². The lowest BCUT2D eigenvalue weighted by atomic mass is 9.96. The summed E-state index contributed by atoms with van der Waals surface area (Å²) in [4.78, 5) is 29.2. The second-order valence-electron chi connectivity index (χ2n) is 5.82. The topological polar surface area (TPSA) is 66.6 Å². The van der Waals surface area contributed by atoms with Crippen LogP contribution in [0.25, 0.3) is 0 Å². The number of nitrogens with two attached hydrogens (primary N) is 1. The molecule has 2 rings (SSSR count). The number of nitrogens with zero attached hydrogens (tertiary/aromatic N) is 2. The molecule has 0 spiro atoms. The number of hydrogen-bond acceptors (Lipinski definition) is 4. The summed E-state index contributed by atoms with van der Waals surface area (Å²) in [6, 6.07) is 4.00. The van der Waals surface area contributed by atoms with Crippen LogP contribution in [0.15, 0.2) is 17.5 Å². The summed E-state index contributed by atoms with van der Waals surface area (Å²) < 4.78 is 0. The first-order chi connectivity index (χ1) is 10.5. The van der Waals surface area contributed by atoms with Crippen LogP contribution < -0.4 is 5.73 Å². The zero-order chi connectivity index (χ0) is 16.1. The number of carbonyl (C=O) groups is 2. The molecule has 5 nitrogen and oxygen atoms in total. The molecule has 1 fully saturated rings. The maximum atomic E-state index is 12.7. The molecule has 1 aliphatic rings. The molecule has 1 aliphatic heterocycles. The molecule has 1 saturated heterocycles. The van der Waals surface area contributed by atoms with Gasteiger partial charge in [-0.1, -0.05) is 13.0 Å². The van der Waals surface area contributed by atoms with Crippen molar-refractivity contribution >= 4 is 23.2 Å². The fraction of sp³-hybridized carbons (Fsp3) is 0.625. The van der Waals surface area contributed by atoms with Crippen LogP contribution in [0.4, 0.5) is 0 Å². The molecule has 1 aromatic rings. The van der Waals surface area contributed by atoms with Gasteiger partial charge in [0.05, 0.1) is 6.04 Å². The summed E-state index contributed by atoms with van der Waals surface area (Å²) in [7, 11) is 0. The van der Waals surface area contributed by atoms with Crippen LogP contribution in [-0.2, 0) is 16.1 Å². The number of likely N-dealkylation sites (N-methyl/N-ethyl adjacent to an activating group) is 1. The molecule has 1 atom stereocenters. The monoisotopic (exact) mass is 323 g/mol. The van der Waals surface area contributed by atoms with Gasteiger partial charge < -0.3 is 10.6 Å². The first-order valence-corrected chi connectivity index (χ1v) is 8.75. The molecule has 0 radical (unpaired) electrons. The highest BCUT2D eigenvalue weighted by atomic mass is 32.1. The third-order valence-electron chi connectivity index (χ3n) is 4.46. The van der Waals surface area contributed by atoms with Crippen molar-refractivity contribution in [2.24, 2.45) is 11.7 Å². The molecule has 1 aromatic heterocycles. The normalized spacial score (nSPS) is 17.7. The number of primary amides is 1. The van der Waals surface area contributed by atoms with E-state index < -0.39 is 0 Å². The summed E-state index contributed by atoms with van der Waals surface area (Å²) in [6.45, 7) is 6.96. The summed E-state index contributed by atoms with van der Waals surface area (Å²) in [5, 5.41) is 2.06. The number of piperidine rings is 1. The predicted octanol–water partition coefficient (Wildman–Crippen LogP) is 1.68. The minimum Gasteiger partial charge on any atom is -0.369 e. The molecule has 0 saturated carbocycles. The lowest BCUT2D eigenvalue weighted by Crippen LogP contribution is -2.50. The second-order valence-corrected chi connectivity index (χ2v) is 6.85. The van der Waals surface area contributed by atoms with E-state index in [0.29, 0.717) is 25.9 Å². The SMILES string of the molecule is CCN(Cc1cccs1)[C@@H](C)C(=O)N1CCC(C(N)=O)CC1. The molecule has 0 aromatic carbocycles. The minimum absolute atomic E-state index is 0.0762. The van der Waals surface area contributed by atoms with Gasteiger partial charge in [-0.3, -0.25) is 14.5 Å². The average molecular weight is 323 g/mol. The van der Waals surface area contributed by atoms with Crippen LogP contribution in [0.3, 0.4) is 0 Å². The van der Waals surface area contributed by atoms with Crippen LogP contribution in [0, 0.1) is 5.92 Å². The van der Waals surface area contributed by atoms with Crippen LogP contribution in [0.1, 0.15) is 31.6 Å². The van der Waals surface area contributed by atoms with E-state index in [4.69, 9.17) is 5.73 Å². The number of rotatable bonds is 6. The highest BCUT2D eigenvalue weighted by molar-refractivity contribution is 7.09. The zero-order valence-corrected chi connectivity index (χ0v) is 14.1. The fourth-order valence-electron chi connectivity index (χ4n) is 2.93. The molecule has 6 heteroatoms. The van der Waals surface area contributed by atoms with Gasteiger partial charge in [0, 0.05) is 30.4 Å². The summed E-state index contributed by atoms with van der Waals surface area (Å²) in [6.07, 6.45) is 1.37. The molecule has 2 N–H and O–H groups in total. The molecule has 0 aliphatic carbocycles. The van der Waals surface area contributed by atoms with E-state index in [1.165, 1.54) is 4.88 Å². The first kappa shape index (κ1) is 17.0. The van der Waals surface area contributed by atoms with E-state index in [0.717, 1.165) is 13.1 Å². The van der Waals surface area contributed by atoms with E-state index in [-0.39, 0.29) is 23.8 Å². The Kier molecular flexibility index (Phi) is 5.97. The van der Waals surface area contributed by atoms with Crippen LogP contribution >= 0.6 is 11.3 Å². The summed E-state index contributed by atoms with van der Waals surface area (Å²) in [5.41, 5.74) is 5.34.